The van der Waals surface area contributed by atoms with Gasteiger partial charge in [0.15, 0.2) is 11.4 Å². The maximum atomic E-state index is 14.9. The fourth-order valence-electron chi connectivity index (χ4n) is 7.06. The topological polar surface area (TPSA) is 60.9 Å². The molecule has 1 saturated heterocycles. The van der Waals surface area contributed by atoms with Crippen molar-refractivity contribution in [3.8, 4) is 0 Å². The smallest absolute Gasteiger partial charge is 0.283 e. The van der Waals surface area contributed by atoms with Gasteiger partial charge in [0.25, 0.3) is 11.8 Å². The lowest BCUT2D eigenvalue weighted by atomic mass is 9.62. The first-order valence-electron chi connectivity index (χ1n) is 13.7. The summed E-state index contributed by atoms with van der Waals surface area (Å²) in [6.45, 7) is 4.86. The Morgan fingerprint density at radius 3 is 2.05 bits per heavy atom. The Morgan fingerprint density at radius 2 is 1.57 bits per heavy atom. The molecule has 1 heterocycles. The van der Waals surface area contributed by atoms with E-state index in [0.29, 0.717) is 22.4 Å². The van der Waals surface area contributed by atoms with Gasteiger partial charge in [0.2, 0.25) is 0 Å². The molecule has 1 unspecified atom stereocenters. The quantitative estimate of drug-likeness (QED) is 0.494. The van der Waals surface area contributed by atoms with E-state index in [9.17, 15) is 23.5 Å². The van der Waals surface area contributed by atoms with Crippen molar-refractivity contribution in [2.24, 2.45) is 29.6 Å². The summed E-state index contributed by atoms with van der Waals surface area (Å²) in [6.07, 6.45) is 5.65. The van der Waals surface area contributed by atoms with Gasteiger partial charge in [0.1, 0.15) is 0 Å². The third-order valence-electron chi connectivity index (χ3n) is 9.43. The van der Waals surface area contributed by atoms with Gasteiger partial charge in [0.05, 0.1) is 10.6 Å². The average Bonchev–Trinajstić information content (AvgIpc) is 2.86. The van der Waals surface area contributed by atoms with Crippen LogP contribution in [0.15, 0.2) is 18.2 Å². The first-order chi connectivity index (χ1) is 17.3. The lowest BCUT2D eigenvalue weighted by Crippen LogP contribution is -2.62. The molecule has 2 atom stereocenters. The Kier molecular flexibility index (Phi) is 8.25. The minimum Gasteiger partial charge on any atom is -0.376 e. The van der Waals surface area contributed by atoms with Gasteiger partial charge in [-0.3, -0.25) is 9.59 Å². The summed E-state index contributed by atoms with van der Waals surface area (Å²) in [6, 6.07) is 5.65. The Bertz CT molecular complexity index is 1000. The van der Waals surface area contributed by atoms with E-state index >= 15 is 0 Å². The van der Waals surface area contributed by atoms with E-state index in [0.717, 1.165) is 57.3 Å². The Balaban J connectivity index is 1.29. The highest BCUT2D eigenvalue weighted by Crippen LogP contribution is 2.51. The number of hydrogen-bond donors (Lipinski definition) is 1. The molecule has 5 nitrogen and oxygen atoms in total. The average molecular weight is 539 g/mol. The van der Waals surface area contributed by atoms with Gasteiger partial charge in [0, 0.05) is 45.7 Å². The van der Waals surface area contributed by atoms with E-state index in [1.54, 1.807) is 20.2 Å². The van der Waals surface area contributed by atoms with Crippen LogP contribution in [-0.4, -0.2) is 60.4 Å². The number of ketones is 1. The summed E-state index contributed by atoms with van der Waals surface area (Å²) in [5.41, 5.74) is -0.985. The van der Waals surface area contributed by atoms with E-state index in [-0.39, 0.29) is 30.6 Å². The maximum absolute atomic E-state index is 14.9. The Labute approximate surface area is 224 Å². The van der Waals surface area contributed by atoms with Crippen LogP contribution in [0.5, 0.6) is 0 Å². The first kappa shape index (κ1) is 28.3. The van der Waals surface area contributed by atoms with Crippen molar-refractivity contribution < 1.29 is 23.5 Å². The van der Waals surface area contributed by atoms with Crippen molar-refractivity contribution in [1.82, 2.24) is 4.90 Å². The highest BCUT2D eigenvalue weighted by atomic mass is 35.5. The Morgan fingerprint density at radius 1 is 1.03 bits per heavy atom. The molecule has 1 aliphatic heterocycles. The second kappa shape index (κ2) is 10.8. The van der Waals surface area contributed by atoms with Crippen LogP contribution in [0.2, 0.25) is 5.02 Å². The van der Waals surface area contributed by atoms with E-state index in [1.165, 1.54) is 18.7 Å². The SMILES string of the molecule is CC(C)[C@@]1(O)C(=O)CC(C2CCC(C3CCN(c4ccc(C(=O)N(C)C)c(Cl)c4)CC3)CC2)CC1(F)F. The number of aliphatic hydroxyl groups is 1. The monoisotopic (exact) mass is 538 g/mol. The van der Waals surface area contributed by atoms with Crippen LogP contribution in [-0.2, 0) is 4.79 Å². The number of halogens is 3. The van der Waals surface area contributed by atoms with Gasteiger partial charge in [-0.2, -0.15) is 0 Å². The number of amides is 1. The predicted octanol–water partition coefficient (Wildman–Crippen LogP) is 6.07. The van der Waals surface area contributed by atoms with Gasteiger partial charge < -0.3 is 14.9 Å². The second-order valence-corrected chi connectivity index (χ2v) is 12.5. The number of hydrogen-bond acceptors (Lipinski definition) is 4. The van der Waals surface area contributed by atoms with E-state index in [1.807, 2.05) is 12.1 Å². The zero-order chi connectivity index (χ0) is 27.1. The molecule has 4 rings (SSSR count). The third-order valence-corrected chi connectivity index (χ3v) is 9.74. The Hall–Kier alpha value is -1.73. The number of carbonyl (C=O) groups is 2. The van der Waals surface area contributed by atoms with Crippen LogP contribution < -0.4 is 4.90 Å². The molecule has 3 fully saturated rings. The summed E-state index contributed by atoms with van der Waals surface area (Å²) in [5, 5.41) is 11.0. The molecule has 1 amide bonds. The van der Waals surface area contributed by atoms with E-state index < -0.39 is 23.2 Å². The van der Waals surface area contributed by atoms with Gasteiger partial charge >= 0.3 is 0 Å². The molecule has 0 aromatic heterocycles. The summed E-state index contributed by atoms with van der Waals surface area (Å²) in [7, 11) is 3.42. The molecule has 0 bridgehead atoms. The van der Waals surface area contributed by atoms with Crippen molar-refractivity contribution in [2.75, 3.05) is 32.1 Å². The van der Waals surface area contributed by atoms with Crippen LogP contribution in [0.1, 0.15) is 75.6 Å². The van der Waals surface area contributed by atoms with Crippen molar-refractivity contribution in [2.45, 2.75) is 76.7 Å². The lowest BCUT2D eigenvalue weighted by molar-refractivity contribution is -0.225. The number of piperidine rings is 1. The fraction of sp³-hybridized carbons (Fsp3) is 0.724. The molecular formula is C29H41ClF2N2O3. The van der Waals surface area contributed by atoms with Gasteiger partial charge in [-0.15, -0.1) is 0 Å². The normalized spacial score (nSPS) is 31.0. The minimum absolute atomic E-state index is 0.0689. The maximum Gasteiger partial charge on any atom is 0.283 e. The summed E-state index contributed by atoms with van der Waals surface area (Å²) in [5.74, 6) is -3.96. The zero-order valence-electron chi connectivity index (χ0n) is 22.5. The lowest BCUT2D eigenvalue weighted by Gasteiger charge is -2.47. The van der Waals surface area contributed by atoms with E-state index in [2.05, 4.69) is 4.90 Å². The molecule has 2 aliphatic carbocycles. The zero-order valence-corrected chi connectivity index (χ0v) is 23.2. The molecular weight excluding hydrogens is 498 g/mol. The van der Waals surface area contributed by atoms with Crippen LogP contribution in [0.3, 0.4) is 0 Å². The van der Waals surface area contributed by atoms with Crippen molar-refractivity contribution >= 4 is 29.0 Å². The first-order valence-corrected chi connectivity index (χ1v) is 14.1. The highest BCUT2D eigenvalue weighted by molar-refractivity contribution is 6.34. The molecule has 3 aliphatic rings. The summed E-state index contributed by atoms with van der Waals surface area (Å²) in [4.78, 5) is 28.7. The molecule has 0 spiro atoms. The number of benzene rings is 1. The number of carbonyl (C=O) groups excluding carboxylic acids is 2. The number of rotatable bonds is 5. The van der Waals surface area contributed by atoms with Crippen LogP contribution in [0.25, 0.3) is 0 Å². The molecule has 1 N–H and O–H groups in total. The van der Waals surface area contributed by atoms with Crippen LogP contribution in [0, 0.1) is 29.6 Å². The number of nitrogens with zero attached hydrogens (tertiary/aromatic N) is 2. The molecule has 37 heavy (non-hydrogen) atoms. The number of alkyl halides is 2. The van der Waals surface area contributed by atoms with Gasteiger partial charge in [-0.25, -0.2) is 8.78 Å². The van der Waals surface area contributed by atoms with Gasteiger partial charge in [-0.05, 0) is 86.3 Å². The van der Waals surface area contributed by atoms with Crippen LogP contribution in [0.4, 0.5) is 14.5 Å². The van der Waals surface area contributed by atoms with Crippen molar-refractivity contribution in [1.29, 1.82) is 0 Å². The highest BCUT2D eigenvalue weighted by Gasteiger charge is 2.63. The molecule has 206 valence electrons. The molecule has 1 aromatic carbocycles. The molecule has 0 radical (unpaired) electrons. The molecule has 2 saturated carbocycles. The standard InChI is InChI=1S/C29H41ClF2N2O3/c1-18(2)29(37)26(35)15-22(17-28(29,31)32)20-7-5-19(6-8-20)21-11-13-34(14-12-21)23-9-10-24(25(30)16-23)27(36)33(3)4/h9-10,16,18-22,37H,5-8,11-15,17H2,1-4H3/t19?,20?,22?,29-/m1/s1. The third kappa shape index (κ3) is 5.40. The molecule has 8 heteroatoms. The largest absolute Gasteiger partial charge is 0.376 e. The minimum atomic E-state index is -3.37. The van der Waals surface area contributed by atoms with Crippen molar-refractivity contribution in [3.63, 3.8) is 0 Å². The summed E-state index contributed by atoms with van der Waals surface area (Å²) >= 11 is 6.42. The number of Topliss-reactive ketones (excluding diaryl/α,β-unsaturated/α-hetero) is 1. The fourth-order valence-corrected chi connectivity index (χ4v) is 7.32. The van der Waals surface area contributed by atoms with E-state index in [4.69, 9.17) is 11.6 Å². The summed E-state index contributed by atoms with van der Waals surface area (Å²) < 4.78 is 29.8. The number of anilines is 1. The van der Waals surface area contributed by atoms with Crippen LogP contribution >= 0.6 is 11.6 Å². The predicted molar refractivity (Wildman–Crippen MR) is 142 cm³/mol. The second-order valence-electron chi connectivity index (χ2n) is 12.1. The van der Waals surface area contributed by atoms with Gasteiger partial charge in [-0.1, -0.05) is 25.4 Å². The molecule has 1 aromatic rings. The van der Waals surface area contributed by atoms with Crippen molar-refractivity contribution in [3.05, 3.63) is 28.8 Å².